The number of aromatic nitrogens is 1. The van der Waals surface area contributed by atoms with Crippen molar-refractivity contribution in [1.29, 1.82) is 0 Å². The van der Waals surface area contributed by atoms with Crippen LogP contribution in [0.4, 0.5) is 5.00 Å². The molecule has 0 aliphatic rings. The Morgan fingerprint density at radius 2 is 2.11 bits per heavy atom. The number of carboxylic acid groups (broad SMARTS) is 2. The molecule has 0 radical (unpaired) electrons. The van der Waals surface area contributed by atoms with Gasteiger partial charge in [0, 0.05) is 6.42 Å². The third-order valence-corrected chi connectivity index (χ3v) is 2.79. The van der Waals surface area contributed by atoms with Crippen molar-refractivity contribution in [2.75, 3.05) is 5.73 Å². The highest BCUT2D eigenvalue weighted by atomic mass is 32.1. The van der Waals surface area contributed by atoms with Gasteiger partial charge in [0.2, 0.25) is 0 Å². The van der Waals surface area contributed by atoms with Crippen molar-refractivity contribution < 1.29 is 24.6 Å². The summed E-state index contributed by atoms with van der Waals surface area (Å²) in [7, 11) is 0. The maximum atomic E-state index is 11.6. The van der Waals surface area contributed by atoms with Crippen molar-refractivity contribution >= 4 is 34.2 Å². The van der Waals surface area contributed by atoms with E-state index in [4.69, 9.17) is 15.9 Å². The first-order valence-corrected chi connectivity index (χ1v) is 5.68. The molecule has 1 aromatic heterocycles. The van der Waals surface area contributed by atoms with E-state index in [0.29, 0.717) is 5.00 Å². The summed E-state index contributed by atoms with van der Waals surface area (Å²) in [6.45, 7) is 0. The summed E-state index contributed by atoms with van der Waals surface area (Å²) in [5.74, 6) is -3.11. The monoisotopic (exact) mass is 273 g/mol. The fraction of sp³-hybridized carbons (Fsp3) is 0.333. The SMILES string of the molecule is Nc1cnc(C(=O)N[C@H](CCC(=O)O)C(=O)O)s1. The summed E-state index contributed by atoms with van der Waals surface area (Å²) in [5, 5.41) is 19.9. The summed E-state index contributed by atoms with van der Waals surface area (Å²) >= 11 is 0.919. The Hall–Kier alpha value is -2.16. The van der Waals surface area contributed by atoms with E-state index in [0.717, 1.165) is 11.3 Å². The normalized spacial score (nSPS) is 11.8. The number of anilines is 1. The minimum absolute atomic E-state index is 0.0362. The lowest BCUT2D eigenvalue weighted by molar-refractivity contribution is -0.140. The van der Waals surface area contributed by atoms with Crippen LogP contribution in [0.25, 0.3) is 0 Å². The Balaban J connectivity index is 2.63. The van der Waals surface area contributed by atoms with Crippen LogP contribution in [0.1, 0.15) is 22.6 Å². The van der Waals surface area contributed by atoms with Gasteiger partial charge in [-0.15, -0.1) is 0 Å². The number of nitrogens with zero attached hydrogens (tertiary/aromatic N) is 1. The quantitative estimate of drug-likeness (QED) is 0.560. The number of carbonyl (C=O) groups is 3. The van der Waals surface area contributed by atoms with Crippen LogP contribution in [0.3, 0.4) is 0 Å². The molecule has 1 aromatic rings. The average molecular weight is 273 g/mol. The van der Waals surface area contributed by atoms with Crippen molar-refractivity contribution in [2.45, 2.75) is 18.9 Å². The largest absolute Gasteiger partial charge is 0.481 e. The van der Waals surface area contributed by atoms with Gasteiger partial charge in [-0.05, 0) is 6.42 Å². The number of carbonyl (C=O) groups excluding carboxylic acids is 1. The third kappa shape index (κ3) is 4.01. The predicted octanol–water partition coefficient (Wildman–Crippen LogP) is -0.227. The number of nitrogen functional groups attached to an aromatic ring is 1. The van der Waals surface area contributed by atoms with Crippen LogP contribution in [0.2, 0.25) is 0 Å². The number of thiazole rings is 1. The number of nitrogens with one attached hydrogen (secondary N) is 1. The second-order valence-electron chi connectivity index (χ2n) is 3.36. The number of aliphatic carboxylic acids is 2. The first kappa shape index (κ1) is 13.9. The van der Waals surface area contributed by atoms with E-state index < -0.39 is 23.9 Å². The van der Waals surface area contributed by atoms with Crippen molar-refractivity contribution in [3.05, 3.63) is 11.2 Å². The maximum absolute atomic E-state index is 11.6. The molecule has 98 valence electrons. The van der Waals surface area contributed by atoms with E-state index in [1.807, 2.05) is 0 Å². The smallest absolute Gasteiger partial charge is 0.326 e. The van der Waals surface area contributed by atoms with Crippen LogP contribution in [0.5, 0.6) is 0 Å². The van der Waals surface area contributed by atoms with Gasteiger partial charge in [-0.3, -0.25) is 9.59 Å². The summed E-state index contributed by atoms with van der Waals surface area (Å²) in [6.07, 6.45) is 0.737. The third-order valence-electron chi connectivity index (χ3n) is 1.97. The first-order chi connectivity index (χ1) is 8.40. The van der Waals surface area contributed by atoms with Crippen molar-refractivity contribution in [3.63, 3.8) is 0 Å². The lowest BCUT2D eigenvalue weighted by Crippen LogP contribution is -2.41. The van der Waals surface area contributed by atoms with Crippen LogP contribution >= 0.6 is 11.3 Å². The molecule has 0 saturated carbocycles. The van der Waals surface area contributed by atoms with Crippen molar-refractivity contribution in [2.24, 2.45) is 0 Å². The summed E-state index contributed by atoms with van der Waals surface area (Å²) in [4.78, 5) is 36.5. The van der Waals surface area contributed by atoms with Gasteiger partial charge in [-0.1, -0.05) is 11.3 Å². The molecule has 1 atom stereocenters. The number of hydrogen-bond acceptors (Lipinski definition) is 6. The highest BCUT2D eigenvalue weighted by molar-refractivity contribution is 7.17. The van der Waals surface area contributed by atoms with E-state index in [9.17, 15) is 14.4 Å². The van der Waals surface area contributed by atoms with Crippen LogP contribution in [0, 0.1) is 0 Å². The lowest BCUT2D eigenvalue weighted by Gasteiger charge is -2.11. The minimum Gasteiger partial charge on any atom is -0.481 e. The Labute approximate surface area is 105 Å². The second kappa shape index (κ2) is 5.96. The molecule has 0 unspecified atom stereocenters. The first-order valence-electron chi connectivity index (χ1n) is 4.87. The molecule has 5 N–H and O–H groups in total. The van der Waals surface area contributed by atoms with E-state index >= 15 is 0 Å². The fourth-order valence-corrected chi connectivity index (χ4v) is 1.72. The Morgan fingerprint density at radius 1 is 1.44 bits per heavy atom. The molecule has 0 aliphatic heterocycles. The number of hydrogen-bond donors (Lipinski definition) is 4. The molecule has 8 nitrogen and oxygen atoms in total. The zero-order valence-electron chi connectivity index (χ0n) is 9.12. The highest BCUT2D eigenvalue weighted by Gasteiger charge is 2.22. The summed E-state index contributed by atoms with van der Waals surface area (Å²) < 4.78 is 0. The standard InChI is InChI=1S/C9H11N3O5S/c10-5-3-11-8(18-5)7(15)12-4(9(16)17)1-2-6(13)14/h3-4H,1-2,10H2,(H,12,15)(H,13,14)(H,16,17)/t4-/m1/s1. The van der Waals surface area contributed by atoms with Gasteiger partial charge in [0.15, 0.2) is 5.01 Å². The molecule has 0 aliphatic carbocycles. The molecule has 1 amide bonds. The highest BCUT2D eigenvalue weighted by Crippen LogP contribution is 2.14. The number of rotatable bonds is 6. The molecule has 0 spiro atoms. The number of carboxylic acids is 2. The van der Waals surface area contributed by atoms with E-state index in [1.54, 1.807) is 0 Å². The molecule has 18 heavy (non-hydrogen) atoms. The van der Waals surface area contributed by atoms with Crippen LogP contribution in [-0.4, -0.2) is 39.1 Å². The Bertz CT molecular complexity index is 473. The number of nitrogens with two attached hydrogens (primary N) is 1. The lowest BCUT2D eigenvalue weighted by atomic mass is 10.1. The van der Waals surface area contributed by atoms with Gasteiger partial charge in [0.05, 0.1) is 6.20 Å². The van der Waals surface area contributed by atoms with Crippen LogP contribution in [-0.2, 0) is 9.59 Å². The molecule has 9 heteroatoms. The van der Waals surface area contributed by atoms with Crippen molar-refractivity contribution in [1.82, 2.24) is 10.3 Å². The molecule has 1 heterocycles. The van der Waals surface area contributed by atoms with Gasteiger partial charge < -0.3 is 21.3 Å². The van der Waals surface area contributed by atoms with Crippen LogP contribution < -0.4 is 11.1 Å². The van der Waals surface area contributed by atoms with E-state index in [1.165, 1.54) is 6.20 Å². The molecule has 0 fully saturated rings. The van der Waals surface area contributed by atoms with Gasteiger partial charge in [0.25, 0.3) is 5.91 Å². The van der Waals surface area contributed by atoms with Gasteiger partial charge in [-0.25, -0.2) is 9.78 Å². The molecule has 1 rings (SSSR count). The fourth-order valence-electron chi connectivity index (χ4n) is 1.14. The summed E-state index contributed by atoms with van der Waals surface area (Å²) in [6, 6.07) is -1.27. The van der Waals surface area contributed by atoms with Gasteiger partial charge in [0.1, 0.15) is 11.0 Å². The molecular weight excluding hydrogens is 262 g/mol. The number of amides is 1. The van der Waals surface area contributed by atoms with Gasteiger partial charge in [-0.2, -0.15) is 0 Å². The Kier molecular flexibility index (Phi) is 4.60. The average Bonchev–Trinajstić information content (AvgIpc) is 2.70. The zero-order valence-corrected chi connectivity index (χ0v) is 9.94. The minimum atomic E-state index is -1.30. The predicted molar refractivity (Wildman–Crippen MR) is 62.3 cm³/mol. The summed E-state index contributed by atoms with van der Waals surface area (Å²) in [5.41, 5.74) is 5.39. The van der Waals surface area contributed by atoms with Crippen molar-refractivity contribution in [3.8, 4) is 0 Å². The maximum Gasteiger partial charge on any atom is 0.326 e. The Morgan fingerprint density at radius 3 is 2.56 bits per heavy atom. The zero-order chi connectivity index (χ0) is 13.7. The topological polar surface area (TPSA) is 143 Å². The molecule has 0 bridgehead atoms. The molecule has 0 aromatic carbocycles. The van der Waals surface area contributed by atoms with Crippen LogP contribution in [0.15, 0.2) is 6.20 Å². The molecular formula is C9H11N3O5S. The van der Waals surface area contributed by atoms with Gasteiger partial charge >= 0.3 is 11.9 Å². The van der Waals surface area contributed by atoms with E-state index in [2.05, 4.69) is 10.3 Å². The van der Waals surface area contributed by atoms with E-state index in [-0.39, 0.29) is 17.8 Å². The second-order valence-corrected chi connectivity index (χ2v) is 4.43. The molecule has 0 saturated heterocycles.